The van der Waals surface area contributed by atoms with Crippen molar-refractivity contribution in [3.63, 3.8) is 0 Å². The number of fused-ring (bicyclic) bond motifs is 4. The van der Waals surface area contributed by atoms with E-state index in [1.807, 2.05) is 24.7 Å². The molecule has 144 valence electrons. The summed E-state index contributed by atoms with van der Waals surface area (Å²) in [7, 11) is 0. The van der Waals surface area contributed by atoms with Crippen LogP contribution in [0, 0.1) is 11.8 Å². The number of imidazole rings is 1. The van der Waals surface area contributed by atoms with Crippen LogP contribution in [0.1, 0.15) is 6.42 Å². The van der Waals surface area contributed by atoms with E-state index in [-0.39, 0.29) is 5.75 Å². The standard InChI is InChI=1S/C17H19F3N6S/c18-17(19,20)2-4-27-25-9-11-7-24(8-12(11)10-25)16-23-6-13-5-22-15-14(26(13)16)1-3-21-15/h1,3,5-6,11-12,21H,2,4,7-10H2. The highest BCUT2D eigenvalue weighted by molar-refractivity contribution is 7.97. The van der Waals surface area contributed by atoms with Crippen molar-refractivity contribution in [2.75, 3.05) is 36.8 Å². The fourth-order valence-electron chi connectivity index (χ4n) is 4.19. The Morgan fingerprint density at radius 1 is 1.11 bits per heavy atom. The zero-order valence-corrected chi connectivity index (χ0v) is 15.3. The summed E-state index contributed by atoms with van der Waals surface area (Å²) >= 11 is 1.33. The van der Waals surface area contributed by atoms with Crippen LogP contribution in [0.2, 0.25) is 0 Å². The van der Waals surface area contributed by atoms with Gasteiger partial charge in [0, 0.05) is 38.1 Å². The maximum Gasteiger partial charge on any atom is 0.389 e. The number of aromatic nitrogens is 4. The zero-order chi connectivity index (χ0) is 18.6. The average molecular weight is 396 g/mol. The van der Waals surface area contributed by atoms with E-state index >= 15 is 0 Å². The van der Waals surface area contributed by atoms with Gasteiger partial charge in [-0.1, -0.05) is 11.9 Å². The van der Waals surface area contributed by atoms with Crippen molar-refractivity contribution in [2.24, 2.45) is 11.8 Å². The molecule has 2 unspecified atom stereocenters. The highest BCUT2D eigenvalue weighted by Crippen LogP contribution is 2.37. The lowest BCUT2D eigenvalue weighted by Gasteiger charge is -2.21. The normalized spacial score (nSPS) is 23.7. The number of aromatic amines is 1. The first-order chi connectivity index (χ1) is 13.0. The first-order valence-corrected chi connectivity index (χ1v) is 9.91. The summed E-state index contributed by atoms with van der Waals surface area (Å²) < 4.78 is 41.2. The van der Waals surface area contributed by atoms with E-state index in [9.17, 15) is 13.2 Å². The van der Waals surface area contributed by atoms with Crippen molar-refractivity contribution < 1.29 is 13.2 Å². The first-order valence-electron chi connectivity index (χ1n) is 8.97. The quantitative estimate of drug-likeness (QED) is 0.687. The predicted molar refractivity (Wildman–Crippen MR) is 98.7 cm³/mol. The lowest BCUT2D eigenvalue weighted by atomic mass is 10.0. The number of hydrogen-bond acceptors (Lipinski definition) is 5. The van der Waals surface area contributed by atoms with Crippen LogP contribution in [-0.2, 0) is 0 Å². The summed E-state index contributed by atoms with van der Waals surface area (Å²) in [6, 6.07) is 2.00. The molecule has 0 aliphatic carbocycles. The number of hydrogen-bond donors (Lipinski definition) is 1. The molecular formula is C17H19F3N6S. The van der Waals surface area contributed by atoms with Crippen LogP contribution in [0.4, 0.5) is 19.1 Å². The van der Waals surface area contributed by atoms with Crippen LogP contribution in [0.5, 0.6) is 0 Å². The van der Waals surface area contributed by atoms with Crippen LogP contribution >= 0.6 is 11.9 Å². The third-order valence-electron chi connectivity index (χ3n) is 5.44. The van der Waals surface area contributed by atoms with Crippen molar-refractivity contribution >= 4 is 34.6 Å². The van der Waals surface area contributed by atoms with Crippen molar-refractivity contribution in [3.05, 3.63) is 24.7 Å². The summed E-state index contributed by atoms with van der Waals surface area (Å²) in [5, 5.41) is 0. The summed E-state index contributed by atoms with van der Waals surface area (Å²) in [4.78, 5) is 14.4. The van der Waals surface area contributed by atoms with Crippen LogP contribution in [0.15, 0.2) is 24.7 Å². The fraction of sp³-hybridized carbons (Fsp3) is 0.529. The number of nitrogens with one attached hydrogen (secondary N) is 1. The smallest absolute Gasteiger partial charge is 0.345 e. The Bertz CT molecular complexity index is 953. The van der Waals surface area contributed by atoms with Gasteiger partial charge in [0.15, 0.2) is 5.65 Å². The van der Waals surface area contributed by atoms with Crippen molar-refractivity contribution in [1.82, 2.24) is 23.7 Å². The lowest BCUT2D eigenvalue weighted by Crippen LogP contribution is -2.27. The maximum absolute atomic E-state index is 12.3. The largest absolute Gasteiger partial charge is 0.389 e. The average Bonchev–Trinajstić information content (AvgIpc) is 3.34. The third-order valence-corrected chi connectivity index (χ3v) is 6.49. The molecule has 5 rings (SSSR count). The van der Waals surface area contributed by atoms with Crippen LogP contribution < -0.4 is 4.90 Å². The Hall–Kier alpha value is -1.94. The molecule has 1 N–H and O–H groups in total. The molecule has 0 spiro atoms. The predicted octanol–water partition coefficient (Wildman–Crippen LogP) is 3.18. The molecule has 3 aromatic rings. The van der Waals surface area contributed by atoms with Gasteiger partial charge in [-0.25, -0.2) is 14.3 Å². The first kappa shape index (κ1) is 17.2. The minimum absolute atomic E-state index is 0.107. The highest BCUT2D eigenvalue weighted by Gasteiger charge is 2.41. The highest BCUT2D eigenvalue weighted by atomic mass is 32.2. The number of nitrogens with zero attached hydrogens (tertiary/aromatic N) is 5. The molecule has 2 aliphatic rings. The van der Waals surface area contributed by atoms with Crippen molar-refractivity contribution in [2.45, 2.75) is 12.6 Å². The fourth-order valence-corrected chi connectivity index (χ4v) is 5.37. The molecule has 6 nitrogen and oxygen atoms in total. The Morgan fingerprint density at radius 2 is 1.85 bits per heavy atom. The second kappa shape index (κ2) is 6.30. The third kappa shape index (κ3) is 3.14. The Balaban J connectivity index is 1.28. The molecule has 2 saturated heterocycles. The van der Waals surface area contributed by atoms with Gasteiger partial charge in [0.1, 0.15) is 0 Å². The molecule has 0 amide bonds. The second-order valence-corrected chi connectivity index (χ2v) is 8.44. The number of anilines is 1. The molecule has 0 saturated carbocycles. The molecule has 10 heteroatoms. The van der Waals surface area contributed by atoms with Gasteiger partial charge in [-0.3, -0.25) is 4.40 Å². The number of halogens is 3. The molecule has 0 radical (unpaired) electrons. The molecule has 0 bridgehead atoms. The molecular weight excluding hydrogens is 377 g/mol. The number of H-pyrrole nitrogens is 1. The second-order valence-electron chi connectivity index (χ2n) is 7.26. The van der Waals surface area contributed by atoms with Crippen molar-refractivity contribution in [1.29, 1.82) is 0 Å². The van der Waals surface area contributed by atoms with Gasteiger partial charge in [-0.15, -0.1) is 0 Å². The lowest BCUT2D eigenvalue weighted by molar-refractivity contribution is -0.129. The van der Waals surface area contributed by atoms with Crippen LogP contribution in [0.3, 0.4) is 0 Å². The molecule has 5 heterocycles. The summed E-state index contributed by atoms with van der Waals surface area (Å²) in [6.07, 6.45) is 0.721. The molecule has 2 aliphatic heterocycles. The molecule has 27 heavy (non-hydrogen) atoms. The number of alkyl halides is 3. The minimum atomic E-state index is -4.07. The summed E-state index contributed by atoms with van der Waals surface area (Å²) in [5.74, 6) is 1.97. The Kier molecular flexibility index (Phi) is 4.01. The van der Waals surface area contributed by atoms with Gasteiger partial charge in [0.25, 0.3) is 0 Å². The monoisotopic (exact) mass is 396 g/mol. The van der Waals surface area contributed by atoms with E-state index in [0.717, 1.165) is 48.8 Å². The summed E-state index contributed by atoms with van der Waals surface area (Å²) in [6.45, 7) is 3.45. The zero-order valence-electron chi connectivity index (χ0n) is 14.5. The van der Waals surface area contributed by atoms with Gasteiger partial charge in [0.2, 0.25) is 5.95 Å². The molecule has 2 atom stereocenters. The summed E-state index contributed by atoms with van der Waals surface area (Å²) in [5.41, 5.74) is 2.79. The van der Waals surface area contributed by atoms with Gasteiger partial charge in [-0.05, 0) is 17.9 Å². The van der Waals surface area contributed by atoms with Crippen LogP contribution in [0.25, 0.3) is 16.7 Å². The van der Waals surface area contributed by atoms with Gasteiger partial charge in [-0.2, -0.15) is 13.2 Å². The Morgan fingerprint density at radius 3 is 2.59 bits per heavy atom. The SMILES string of the molecule is FC(F)(F)CCSN1CC2CN(c3ncc4cnc5[nH]ccc5n34)CC2C1. The van der Waals surface area contributed by atoms with E-state index in [0.29, 0.717) is 11.8 Å². The van der Waals surface area contributed by atoms with E-state index in [1.165, 1.54) is 11.9 Å². The van der Waals surface area contributed by atoms with E-state index < -0.39 is 12.6 Å². The molecule has 2 fully saturated rings. The Labute approximate surface area is 157 Å². The van der Waals surface area contributed by atoms with Gasteiger partial charge >= 0.3 is 6.18 Å². The maximum atomic E-state index is 12.3. The van der Waals surface area contributed by atoms with E-state index in [4.69, 9.17) is 0 Å². The topological polar surface area (TPSA) is 52.5 Å². The van der Waals surface area contributed by atoms with E-state index in [2.05, 4.69) is 28.6 Å². The van der Waals surface area contributed by atoms with Crippen LogP contribution in [-0.4, -0.2) is 61.8 Å². The molecule has 3 aromatic heterocycles. The van der Waals surface area contributed by atoms with Crippen molar-refractivity contribution in [3.8, 4) is 0 Å². The van der Waals surface area contributed by atoms with E-state index in [1.54, 1.807) is 0 Å². The number of rotatable bonds is 4. The minimum Gasteiger partial charge on any atom is -0.345 e. The van der Waals surface area contributed by atoms with Gasteiger partial charge < -0.3 is 9.88 Å². The molecule has 0 aromatic carbocycles. The van der Waals surface area contributed by atoms with Gasteiger partial charge in [0.05, 0.1) is 29.8 Å².